The standard InChI is InChI=1S/C16H14ClN3O2/c1-9-14(11-4-6-12(17)7-5-11)15-18-8-13(16(21)22-3)10(2)20(15)19-9/h4-8H,1-3H3. The molecule has 2 aromatic heterocycles. The van der Waals surface area contributed by atoms with Crippen molar-refractivity contribution in [2.45, 2.75) is 13.8 Å². The Hall–Kier alpha value is -2.40. The molecule has 0 amide bonds. The maximum Gasteiger partial charge on any atom is 0.341 e. The largest absolute Gasteiger partial charge is 0.465 e. The number of benzene rings is 1. The van der Waals surface area contributed by atoms with Crippen LogP contribution in [0.5, 0.6) is 0 Å². The number of aromatic nitrogens is 3. The zero-order valence-corrected chi connectivity index (χ0v) is 13.2. The van der Waals surface area contributed by atoms with E-state index in [1.54, 1.807) is 4.52 Å². The summed E-state index contributed by atoms with van der Waals surface area (Å²) in [7, 11) is 1.35. The van der Waals surface area contributed by atoms with Gasteiger partial charge in [-0.15, -0.1) is 0 Å². The highest BCUT2D eigenvalue weighted by atomic mass is 35.5. The number of ether oxygens (including phenoxy) is 1. The molecule has 0 saturated heterocycles. The van der Waals surface area contributed by atoms with Crippen molar-refractivity contribution in [1.82, 2.24) is 14.6 Å². The lowest BCUT2D eigenvalue weighted by molar-refractivity contribution is 0.0598. The summed E-state index contributed by atoms with van der Waals surface area (Å²) in [6, 6.07) is 7.51. The fourth-order valence-electron chi connectivity index (χ4n) is 2.47. The topological polar surface area (TPSA) is 56.5 Å². The molecule has 0 radical (unpaired) electrons. The number of carbonyl (C=O) groups is 1. The number of halogens is 1. The molecule has 6 heteroatoms. The molecular weight excluding hydrogens is 302 g/mol. The van der Waals surface area contributed by atoms with E-state index < -0.39 is 5.97 Å². The van der Waals surface area contributed by atoms with E-state index in [0.29, 0.717) is 21.9 Å². The lowest BCUT2D eigenvalue weighted by atomic mass is 10.1. The van der Waals surface area contributed by atoms with Crippen molar-refractivity contribution < 1.29 is 9.53 Å². The van der Waals surface area contributed by atoms with Crippen molar-refractivity contribution in [2.75, 3.05) is 7.11 Å². The fourth-order valence-corrected chi connectivity index (χ4v) is 2.59. The SMILES string of the molecule is COC(=O)c1cnc2c(-c3ccc(Cl)cc3)c(C)nn2c1C. The molecule has 0 bridgehead atoms. The second-order valence-corrected chi connectivity index (χ2v) is 5.39. The Morgan fingerprint density at radius 2 is 1.91 bits per heavy atom. The predicted octanol–water partition coefficient (Wildman–Crippen LogP) is 3.45. The van der Waals surface area contributed by atoms with Crippen LogP contribution in [0.4, 0.5) is 0 Å². The van der Waals surface area contributed by atoms with Gasteiger partial charge in [0, 0.05) is 16.8 Å². The molecule has 5 nitrogen and oxygen atoms in total. The zero-order valence-electron chi connectivity index (χ0n) is 12.4. The van der Waals surface area contributed by atoms with Gasteiger partial charge in [0.2, 0.25) is 0 Å². The summed E-state index contributed by atoms with van der Waals surface area (Å²) in [5.74, 6) is -0.423. The van der Waals surface area contributed by atoms with Gasteiger partial charge >= 0.3 is 5.97 Å². The van der Waals surface area contributed by atoms with Gasteiger partial charge in [0.25, 0.3) is 0 Å². The van der Waals surface area contributed by atoms with Crippen LogP contribution in [0.1, 0.15) is 21.7 Å². The highest BCUT2D eigenvalue weighted by Gasteiger charge is 2.18. The first-order valence-electron chi connectivity index (χ1n) is 6.72. The van der Waals surface area contributed by atoms with E-state index in [9.17, 15) is 4.79 Å². The molecule has 3 aromatic rings. The first-order valence-corrected chi connectivity index (χ1v) is 7.10. The molecule has 0 saturated carbocycles. The van der Waals surface area contributed by atoms with Crippen LogP contribution in [0.3, 0.4) is 0 Å². The van der Waals surface area contributed by atoms with Crippen molar-refractivity contribution in [3.05, 3.63) is 52.4 Å². The van der Waals surface area contributed by atoms with Crippen LogP contribution in [0.15, 0.2) is 30.5 Å². The Balaban J connectivity index is 2.25. The van der Waals surface area contributed by atoms with Gasteiger partial charge in [-0.25, -0.2) is 14.3 Å². The lowest BCUT2D eigenvalue weighted by Gasteiger charge is -2.06. The molecule has 0 aliphatic heterocycles. The summed E-state index contributed by atoms with van der Waals surface area (Å²) in [5, 5.41) is 5.18. The molecule has 3 rings (SSSR count). The number of methoxy groups -OCH3 is 1. The molecular formula is C16H14ClN3O2. The first kappa shape index (κ1) is 14.5. The predicted molar refractivity (Wildman–Crippen MR) is 84.2 cm³/mol. The molecule has 22 heavy (non-hydrogen) atoms. The van der Waals surface area contributed by atoms with Crippen molar-refractivity contribution >= 4 is 23.2 Å². The van der Waals surface area contributed by atoms with Gasteiger partial charge in [0.1, 0.15) is 0 Å². The van der Waals surface area contributed by atoms with E-state index in [0.717, 1.165) is 16.8 Å². The van der Waals surface area contributed by atoms with Crippen molar-refractivity contribution in [3.63, 3.8) is 0 Å². The first-order chi connectivity index (χ1) is 10.5. The van der Waals surface area contributed by atoms with Crippen LogP contribution in [0.25, 0.3) is 16.8 Å². The average molecular weight is 316 g/mol. The van der Waals surface area contributed by atoms with Crippen LogP contribution in [-0.4, -0.2) is 27.7 Å². The molecule has 0 N–H and O–H groups in total. The lowest BCUT2D eigenvalue weighted by Crippen LogP contribution is -2.09. The van der Waals surface area contributed by atoms with E-state index in [1.807, 2.05) is 38.1 Å². The van der Waals surface area contributed by atoms with Gasteiger partial charge in [-0.1, -0.05) is 23.7 Å². The molecule has 0 atom stereocenters. The Labute approximate surface area is 132 Å². The monoisotopic (exact) mass is 315 g/mol. The number of rotatable bonds is 2. The Morgan fingerprint density at radius 3 is 2.55 bits per heavy atom. The van der Waals surface area contributed by atoms with Crippen LogP contribution in [-0.2, 0) is 4.74 Å². The van der Waals surface area contributed by atoms with Crippen LogP contribution in [0.2, 0.25) is 5.02 Å². The number of hydrogen-bond donors (Lipinski definition) is 0. The number of carbonyl (C=O) groups excluding carboxylic acids is 1. The fraction of sp³-hybridized carbons (Fsp3) is 0.188. The maximum absolute atomic E-state index is 11.8. The second kappa shape index (κ2) is 5.42. The quantitative estimate of drug-likeness (QED) is 0.680. The minimum Gasteiger partial charge on any atom is -0.465 e. The van der Waals surface area contributed by atoms with E-state index in [2.05, 4.69) is 10.1 Å². The summed E-state index contributed by atoms with van der Waals surface area (Å²) in [5.41, 5.74) is 4.54. The highest BCUT2D eigenvalue weighted by molar-refractivity contribution is 6.30. The Morgan fingerprint density at radius 1 is 1.23 bits per heavy atom. The van der Waals surface area contributed by atoms with Crippen LogP contribution in [0, 0.1) is 13.8 Å². The summed E-state index contributed by atoms with van der Waals surface area (Å²) < 4.78 is 6.44. The summed E-state index contributed by atoms with van der Waals surface area (Å²) >= 11 is 5.94. The number of hydrogen-bond acceptors (Lipinski definition) is 4. The van der Waals surface area contributed by atoms with E-state index in [1.165, 1.54) is 13.3 Å². The third-order valence-electron chi connectivity index (χ3n) is 3.60. The third-order valence-corrected chi connectivity index (χ3v) is 3.85. The smallest absolute Gasteiger partial charge is 0.341 e. The molecule has 0 aliphatic rings. The molecule has 2 heterocycles. The maximum atomic E-state index is 11.8. The number of esters is 1. The Kier molecular flexibility index (Phi) is 3.58. The van der Waals surface area contributed by atoms with E-state index in [4.69, 9.17) is 16.3 Å². The number of aryl methyl sites for hydroxylation is 2. The van der Waals surface area contributed by atoms with Gasteiger partial charge in [-0.05, 0) is 31.5 Å². The summed E-state index contributed by atoms with van der Waals surface area (Å²) in [6.45, 7) is 3.73. The molecule has 0 spiro atoms. The van der Waals surface area contributed by atoms with Gasteiger partial charge in [0.15, 0.2) is 5.65 Å². The molecule has 0 fully saturated rings. The minimum atomic E-state index is -0.423. The van der Waals surface area contributed by atoms with Crippen molar-refractivity contribution in [2.24, 2.45) is 0 Å². The summed E-state index contributed by atoms with van der Waals surface area (Å²) in [6.07, 6.45) is 1.52. The third kappa shape index (κ3) is 2.23. The average Bonchev–Trinajstić information content (AvgIpc) is 2.85. The van der Waals surface area contributed by atoms with Crippen LogP contribution >= 0.6 is 11.6 Å². The second-order valence-electron chi connectivity index (χ2n) is 4.95. The normalized spacial score (nSPS) is 10.9. The van der Waals surface area contributed by atoms with E-state index in [-0.39, 0.29) is 0 Å². The van der Waals surface area contributed by atoms with Crippen LogP contribution < -0.4 is 0 Å². The molecule has 1 aromatic carbocycles. The molecule has 0 unspecified atom stereocenters. The highest BCUT2D eigenvalue weighted by Crippen LogP contribution is 2.29. The number of nitrogens with zero attached hydrogens (tertiary/aromatic N) is 3. The number of fused-ring (bicyclic) bond motifs is 1. The molecule has 0 aliphatic carbocycles. The van der Waals surface area contributed by atoms with Gasteiger partial charge < -0.3 is 4.74 Å². The van der Waals surface area contributed by atoms with Gasteiger partial charge in [-0.2, -0.15) is 5.10 Å². The van der Waals surface area contributed by atoms with Gasteiger partial charge in [0.05, 0.1) is 24.1 Å². The summed E-state index contributed by atoms with van der Waals surface area (Å²) in [4.78, 5) is 16.2. The Bertz CT molecular complexity index is 869. The minimum absolute atomic E-state index is 0.403. The van der Waals surface area contributed by atoms with Crippen molar-refractivity contribution in [3.8, 4) is 11.1 Å². The van der Waals surface area contributed by atoms with E-state index >= 15 is 0 Å². The van der Waals surface area contributed by atoms with Crippen molar-refractivity contribution in [1.29, 1.82) is 0 Å². The zero-order chi connectivity index (χ0) is 15.9. The molecule has 112 valence electrons. The van der Waals surface area contributed by atoms with Gasteiger partial charge in [-0.3, -0.25) is 0 Å².